The summed E-state index contributed by atoms with van der Waals surface area (Å²) in [6.07, 6.45) is 47.2. The molecule has 324 valence electrons. The molecule has 0 rings (SSSR count). The summed E-state index contributed by atoms with van der Waals surface area (Å²) in [5, 5.41) is 0. The van der Waals surface area contributed by atoms with Crippen LogP contribution in [-0.2, 0) is 4.74 Å². The third-order valence-corrected chi connectivity index (χ3v) is 11.9. The van der Waals surface area contributed by atoms with Gasteiger partial charge in [0, 0.05) is 36.3 Å². The Morgan fingerprint density at radius 1 is 0.364 bits per heavy atom. The van der Waals surface area contributed by atoms with Gasteiger partial charge in [-0.15, -0.1) is 0 Å². The lowest BCUT2D eigenvalue weighted by molar-refractivity contribution is -0.00999. The van der Waals surface area contributed by atoms with E-state index in [9.17, 15) is 0 Å². The highest BCUT2D eigenvalue weighted by Gasteiger charge is 2.30. The number of ether oxygens (including phenoxy) is 1. The molecule has 3 nitrogen and oxygen atoms in total. The van der Waals surface area contributed by atoms with Gasteiger partial charge in [0.05, 0.1) is 13.2 Å². The summed E-state index contributed by atoms with van der Waals surface area (Å²) in [5.74, 6) is 1.14. The number of hydrogen-bond donors (Lipinski definition) is 0. The van der Waals surface area contributed by atoms with Crippen LogP contribution in [0.15, 0.2) is 48.6 Å². The number of nitrogens with zero attached hydrogens (tertiary/aromatic N) is 2. The van der Waals surface area contributed by atoms with Crippen LogP contribution in [0.4, 0.5) is 0 Å². The Labute approximate surface area is 347 Å². The first-order valence-corrected chi connectivity index (χ1v) is 24.2. The van der Waals surface area contributed by atoms with E-state index in [1.165, 1.54) is 128 Å². The molecule has 0 amide bonds. The van der Waals surface area contributed by atoms with Gasteiger partial charge in [-0.1, -0.05) is 127 Å². The second-order valence-electron chi connectivity index (χ2n) is 18.1. The van der Waals surface area contributed by atoms with Gasteiger partial charge in [0.2, 0.25) is 0 Å². The van der Waals surface area contributed by atoms with Crippen LogP contribution in [0.3, 0.4) is 0 Å². The molecule has 0 N–H and O–H groups in total. The second-order valence-corrected chi connectivity index (χ2v) is 18.1. The summed E-state index contributed by atoms with van der Waals surface area (Å²) in [7, 11) is 0. The molecule has 0 aliphatic rings. The van der Waals surface area contributed by atoms with Crippen molar-refractivity contribution in [2.75, 3.05) is 13.2 Å². The van der Waals surface area contributed by atoms with Crippen LogP contribution in [0.1, 0.15) is 224 Å². The number of allylic oxidation sites excluding steroid dienone is 8. The van der Waals surface area contributed by atoms with Crippen molar-refractivity contribution in [1.82, 2.24) is 9.80 Å². The number of rotatable bonds is 38. The molecule has 0 bridgehead atoms. The van der Waals surface area contributed by atoms with E-state index in [0.29, 0.717) is 48.1 Å². The van der Waals surface area contributed by atoms with Gasteiger partial charge in [-0.25, -0.2) is 0 Å². The summed E-state index contributed by atoms with van der Waals surface area (Å²) in [6.45, 7) is 30.3. The third kappa shape index (κ3) is 28.8. The molecule has 3 heteroatoms. The molecule has 0 aliphatic heterocycles. The third-order valence-electron chi connectivity index (χ3n) is 11.9. The molecule has 0 saturated carbocycles. The molecule has 0 heterocycles. The van der Waals surface area contributed by atoms with Gasteiger partial charge in [-0.3, -0.25) is 9.80 Å². The van der Waals surface area contributed by atoms with Crippen LogP contribution in [0, 0.1) is 11.8 Å². The average Bonchev–Trinajstić information content (AvgIpc) is 3.12. The van der Waals surface area contributed by atoms with E-state index in [2.05, 4.69) is 141 Å². The van der Waals surface area contributed by atoms with Crippen molar-refractivity contribution >= 4 is 0 Å². The van der Waals surface area contributed by atoms with Crippen molar-refractivity contribution in [3.63, 3.8) is 0 Å². The first kappa shape index (κ1) is 53.8. The Hall–Kier alpha value is -1.16. The quantitative estimate of drug-likeness (QED) is 0.0460. The second kappa shape index (κ2) is 37.1. The summed E-state index contributed by atoms with van der Waals surface area (Å²) < 4.78 is 6.88. The molecule has 0 aliphatic carbocycles. The lowest BCUT2D eigenvalue weighted by atomic mass is 9.91. The molecule has 0 saturated heterocycles. The van der Waals surface area contributed by atoms with Gasteiger partial charge in [0.15, 0.2) is 0 Å². The van der Waals surface area contributed by atoms with Crippen molar-refractivity contribution in [1.29, 1.82) is 0 Å². The molecule has 0 fully saturated rings. The van der Waals surface area contributed by atoms with E-state index >= 15 is 0 Å². The summed E-state index contributed by atoms with van der Waals surface area (Å²) >= 11 is 0. The molecule has 4 atom stereocenters. The van der Waals surface area contributed by atoms with Crippen molar-refractivity contribution < 1.29 is 4.74 Å². The predicted octanol–water partition coefficient (Wildman–Crippen LogP) is 16.1. The van der Waals surface area contributed by atoms with E-state index in [1.807, 2.05) is 0 Å². The topological polar surface area (TPSA) is 15.7 Å². The van der Waals surface area contributed by atoms with E-state index in [0.717, 1.165) is 26.1 Å². The Bertz CT molecular complexity index is 840. The van der Waals surface area contributed by atoms with E-state index in [4.69, 9.17) is 4.74 Å². The molecule has 55 heavy (non-hydrogen) atoms. The lowest BCUT2D eigenvalue weighted by Crippen LogP contribution is -2.49. The molecule has 0 spiro atoms. The fraction of sp³-hybridized carbons (Fsp3) is 0.846. The van der Waals surface area contributed by atoms with E-state index < -0.39 is 0 Å². The van der Waals surface area contributed by atoms with E-state index in [-0.39, 0.29) is 0 Å². The van der Waals surface area contributed by atoms with Crippen LogP contribution in [0.2, 0.25) is 0 Å². The minimum absolute atomic E-state index is 0.521. The zero-order valence-corrected chi connectivity index (χ0v) is 39.5. The lowest BCUT2D eigenvalue weighted by Gasteiger charge is -2.42. The van der Waals surface area contributed by atoms with Crippen LogP contribution >= 0.6 is 0 Å². The first-order valence-electron chi connectivity index (χ1n) is 24.2. The fourth-order valence-corrected chi connectivity index (χ4v) is 8.94. The number of unbranched alkanes of at least 4 members (excludes halogenated alkanes) is 14. The Morgan fingerprint density at radius 3 is 0.945 bits per heavy atom. The van der Waals surface area contributed by atoms with Crippen LogP contribution in [0.5, 0.6) is 0 Å². The van der Waals surface area contributed by atoms with Crippen molar-refractivity contribution in [2.24, 2.45) is 11.8 Å². The summed E-state index contributed by atoms with van der Waals surface area (Å²) in [4.78, 5) is 5.47. The molecular weight excluding hydrogens is 669 g/mol. The Morgan fingerprint density at radius 2 is 0.655 bits per heavy atom. The maximum atomic E-state index is 6.88. The van der Waals surface area contributed by atoms with Gasteiger partial charge < -0.3 is 4.74 Å². The predicted molar refractivity (Wildman–Crippen MR) is 250 cm³/mol. The monoisotopic (exact) mass is 769 g/mol. The molecule has 0 aromatic rings. The van der Waals surface area contributed by atoms with Gasteiger partial charge in [0.25, 0.3) is 0 Å². The zero-order valence-electron chi connectivity index (χ0n) is 39.5. The van der Waals surface area contributed by atoms with Crippen molar-refractivity contribution in [3.8, 4) is 0 Å². The highest BCUT2D eigenvalue weighted by molar-refractivity contribution is 4.94. The smallest absolute Gasteiger partial charge is 0.0509 e. The molecule has 0 radical (unpaired) electrons. The maximum Gasteiger partial charge on any atom is 0.0509 e. The normalized spacial score (nSPS) is 15.3. The van der Waals surface area contributed by atoms with Crippen LogP contribution in [0.25, 0.3) is 0 Å². The SMILES string of the molecule is CCCCC/C=C\C/C=C\CCCCCCC(COCC(CCCCCC/C=C\C/C=C\CCCCC)C(C)N(C(C)C)C(C)C)C(C)N(C(C)C)C(C)C. The fourth-order valence-electron chi connectivity index (χ4n) is 8.94. The van der Waals surface area contributed by atoms with Crippen molar-refractivity contribution in [2.45, 2.75) is 261 Å². The summed E-state index contributed by atoms with van der Waals surface area (Å²) in [5.41, 5.74) is 0. The largest absolute Gasteiger partial charge is 0.381 e. The maximum absolute atomic E-state index is 6.88. The first-order chi connectivity index (χ1) is 26.5. The Kier molecular flexibility index (Phi) is 36.3. The average molecular weight is 769 g/mol. The van der Waals surface area contributed by atoms with Gasteiger partial charge in [-0.05, 0) is 158 Å². The number of hydrogen-bond acceptors (Lipinski definition) is 3. The molecule has 0 aromatic heterocycles. The van der Waals surface area contributed by atoms with Gasteiger partial charge in [0.1, 0.15) is 0 Å². The molecule has 4 unspecified atom stereocenters. The van der Waals surface area contributed by atoms with Gasteiger partial charge >= 0.3 is 0 Å². The Balaban J connectivity index is 5.13. The summed E-state index contributed by atoms with van der Waals surface area (Å²) in [6, 6.07) is 3.21. The molecular formula is C52H100N2O. The minimum Gasteiger partial charge on any atom is -0.381 e. The minimum atomic E-state index is 0.521. The molecule has 0 aromatic carbocycles. The highest BCUT2D eigenvalue weighted by atomic mass is 16.5. The van der Waals surface area contributed by atoms with Gasteiger partial charge in [-0.2, -0.15) is 0 Å². The van der Waals surface area contributed by atoms with Crippen molar-refractivity contribution in [3.05, 3.63) is 48.6 Å². The zero-order chi connectivity index (χ0) is 41.1. The van der Waals surface area contributed by atoms with Crippen LogP contribution < -0.4 is 0 Å². The highest BCUT2D eigenvalue weighted by Crippen LogP contribution is 2.27. The van der Waals surface area contributed by atoms with E-state index in [1.54, 1.807) is 0 Å². The van der Waals surface area contributed by atoms with Crippen LogP contribution in [-0.4, -0.2) is 59.3 Å². The standard InChI is InChI=1S/C52H100N2O/c1-13-15-17-19-21-23-25-27-29-31-33-35-37-39-41-51(49(11)53(45(3)4)46(5)6)43-55-44-52(50(12)54(47(7)8)48(9)10)42-40-38-36-34-32-30-28-26-24-22-20-18-16-14-2/h21-24,27-30,45-52H,13-20,25-26,31-44H2,1-12H3/b23-21-,24-22-,29-27-,30-28-.